The first-order valence-corrected chi connectivity index (χ1v) is 5.51. The Balaban J connectivity index is 2.71. The second-order valence-electron chi connectivity index (χ2n) is 3.73. The third-order valence-corrected chi connectivity index (χ3v) is 2.35. The van der Waals surface area contributed by atoms with E-state index < -0.39 is 11.9 Å². The summed E-state index contributed by atoms with van der Waals surface area (Å²) in [6.07, 6.45) is 1.22. The fourth-order valence-corrected chi connectivity index (χ4v) is 1.31. The number of halogens is 1. The molecule has 0 atom stereocenters. The molecular weight excluding hydrogens is 223 g/mol. The lowest BCUT2D eigenvalue weighted by atomic mass is 10.2. The van der Waals surface area contributed by atoms with E-state index in [2.05, 4.69) is 0 Å². The molecule has 0 unspecified atom stereocenters. The Labute approximate surface area is 100 Å². The van der Waals surface area contributed by atoms with Crippen molar-refractivity contribution >= 4 is 17.5 Å². The van der Waals surface area contributed by atoms with E-state index in [9.17, 15) is 9.18 Å². The summed E-state index contributed by atoms with van der Waals surface area (Å²) in [6, 6.07) is 3.87. The van der Waals surface area contributed by atoms with Crippen LogP contribution in [-0.2, 0) is 4.74 Å². The van der Waals surface area contributed by atoms with E-state index in [1.807, 2.05) is 6.92 Å². The third kappa shape index (κ3) is 3.62. The summed E-state index contributed by atoms with van der Waals surface area (Å²) in [4.78, 5) is 12.8. The predicted molar refractivity (Wildman–Crippen MR) is 65.5 cm³/mol. The summed E-state index contributed by atoms with van der Waals surface area (Å²) in [6.45, 7) is 2.36. The summed E-state index contributed by atoms with van der Waals surface area (Å²) in [5.74, 6) is -0.442. The van der Waals surface area contributed by atoms with Gasteiger partial charge >= 0.3 is 6.09 Å². The standard InChI is InChI=1S/C12H17FN2O2/c1-3-4-7-17-12(16)15(2)11-8-9(13)5-6-10(11)14/h5-6,8H,3-4,7,14H2,1-2H3. The number of nitrogens with zero attached hydrogens (tertiary/aromatic N) is 1. The highest BCUT2D eigenvalue weighted by atomic mass is 19.1. The number of ether oxygens (including phenoxy) is 1. The van der Waals surface area contributed by atoms with Crippen molar-refractivity contribution in [2.75, 3.05) is 24.3 Å². The summed E-state index contributed by atoms with van der Waals surface area (Å²) >= 11 is 0. The van der Waals surface area contributed by atoms with Crippen LogP contribution in [0.5, 0.6) is 0 Å². The van der Waals surface area contributed by atoms with Crippen LogP contribution in [0.1, 0.15) is 19.8 Å². The van der Waals surface area contributed by atoms with E-state index >= 15 is 0 Å². The van der Waals surface area contributed by atoms with Crippen LogP contribution in [-0.4, -0.2) is 19.7 Å². The maximum absolute atomic E-state index is 13.0. The zero-order chi connectivity index (χ0) is 12.8. The minimum Gasteiger partial charge on any atom is -0.449 e. The van der Waals surface area contributed by atoms with Crippen LogP contribution in [0.4, 0.5) is 20.6 Å². The molecule has 0 saturated heterocycles. The zero-order valence-corrected chi connectivity index (χ0v) is 10.1. The molecule has 0 aliphatic carbocycles. The van der Waals surface area contributed by atoms with Crippen LogP contribution in [0.3, 0.4) is 0 Å². The van der Waals surface area contributed by atoms with Crippen LogP contribution < -0.4 is 10.6 Å². The Morgan fingerprint density at radius 2 is 2.24 bits per heavy atom. The smallest absolute Gasteiger partial charge is 0.414 e. The lowest BCUT2D eigenvalue weighted by Crippen LogP contribution is -2.28. The van der Waals surface area contributed by atoms with E-state index in [4.69, 9.17) is 10.5 Å². The van der Waals surface area contributed by atoms with E-state index in [0.717, 1.165) is 12.8 Å². The molecule has 5 heteroatoms. The summed E-state index contributed by atoms with van der Waals surface area (Å²) in [5, 5.41) is 0. The van der Waals surface area contributed by atoms with Gasteiger partial charge in [0.05, 0.1) is 18.0 Å². The molecule has 0 heterocycles. The van der Waals surface area contributed by atoms with Crippen LogP contribution in [0, 0.1) is 5.82 Å². The van der Waals surface area contributed by atoms with E-state index in [0.29, 0.717) is 18.0 Å². The number of unbranched alkanes of at least 4 members (excludes halogenated alkanes) is 1. The molecule has 0 bridgehead atoms. The highest BCUT2D eigenvalue weighted by molar-refractivity contribution is 5.90. The molecule has 17 heavy (non-hydrogen) atoms. The molecule has 1 rings (SSSR count). The Morgan fingerprint density at radius 1 is 1.53 bits per heavy atom. The largest absolute Gasteiger partial charge is 0.449 e. The van der Waals surface area contributed by atoms with Crippen LogP contribution >= 0.6 is 0 Å². The predicted octanol–water partition coefficient (Wildman–Crippen LogP) is 2.78. The van der Waals surface area contributed by atoms with Gasteiger partial charge in [-0.3, -0.25) is 4.90 Å². The van der Waals surface area contributed by atoms with E-state index in [1.165, 1.54) is 30.1 Å². The molecule has 0 fully saturated rings. The second-order valence-corrected chi connectivity index (χ2v) is 3.73. The highest BCUT2D eigenvalue weighted by Crippen LogP contribution is 2.23. The molecule has 0 aliphatic heterocycles. The molecular formula is C12H17FN2O2. The molecule has 2 N–H and O–H groups in total. The van der Waals surface area contributed by atoms with Gasteiger partial charge in [-0.15, -0.1) is 0 Å². The Kier molecular flexibility index (Phi) is 4.75. The normalized spacial score (nSPS) is 10.1. The van der Waals surface area contributed by atoms with Gasteiger partial charge in [-0.25, -0.2) is 9.18 Å². The van der Waals surface area contributed by atoms with E-state index in [1.54, 1.807) is 0 Å². The number of carbonyl (C=O) groups excluding carboxylic acids is 1. The summed E-state index contributed by atoms with van der Waals surface area (Å²) in [7, 11) is 1.50. The number of carbonyl (C=O) groups is 1. The fraction of sp³-hybridized carbons (Fsp3) is 0.417. The van der Waals surface area contributed by atoms with Crippen molar-refractivity contribution in [1.29, 1.82) is 0 Å². The number of benzene rings is 1. The number of amides is 1. The highest BCUT2D eigenvalue weighted by Gasteiger charge is 2.15. The molecule has 0 radical (unpaired) electrons. The molecule has 1 aromatic carbocycles. The lowest BCUT2D eigenvalue weighted by Gasteiger charge is -2.18. The van der Waals surface area contributed by atoms with Gasteiger partial charge < -0.3 is 10.5 Å². The topological polar surface area (TPSA) is 55.6 Å². The molecule has 0 aromatic heterocycles. The van der Waals surface area contributed by atoms with Crippen molar-refractivity contribution in [3.8, 4) is 0 Å². The van der Waals surface area contributed by atoms with Crippen molar-refractivity contribution in [3.05, 3.63) is 24.0 Å². The lowest BCUT2D eigenvalue weighted by molar-refractivity contribution is 0.153. The molecule has 1 amide bonds. The Morgan fingerprint density at radius 3 is 2.88 bits per heavy atom. The molecule has 94 valence electrons. The van der Waals surface area contributed by atoms with Gasteiger partial charge in [0.25, 0.3) is 0 Å². The molecule has 4 nitrogen and oxygen atoms in total. The van der Waals surface area contributed by atoms with Crippen LogP contribution in [0.2, 0.25) is 0 Å². The third-order valence-electron chi connectivity index (χ3n) is 2.35. The molecule has 1 aromatic rings. The number of hydrogen-bond acceptors (Lipinski definition) is 3. The van der Waals surface area contributed by atoms with E-state index in [-0.39, 0.29) is 0 Å². The first kappa shape index (κ1) is 13.3. The average molecular weight is 240 g/mol. The fourth-order valence-electron chi connectivity index (χ4n) is 1.31. The molecule has 0 spiro atoms. The number of nitrogens with two attached hydrogens (primary N) is 1. The zero-order valence-electron chi connectivity index (χ0n) is 10.1. The van der Waals surface area contributed by atoms with Gasteiger partial charge in [0.1, 0.15) is 5.82 Å². The van der Waals surface area contributed by atoms with Crippen LogP contribution in [0.25, 0.3) is 0 Å². The van der Waals surface area contributed by atoms with Crippen molar-refractivity contribution in [1.82, 2.24) is 0 Å². The summed E-state index contributed by atoms with van der Waals surface area (Å²) < 4.78 is 18.0. The first-order valence-electron chi connectivity index (χ1n) is 5.51. The summed E-state index contributed by atoms with van der Waals surface area (Å²) in [5.41, 5.74) is 6.31. The first-order chi connectivity index (χ1) is 8.06. The molecule has 0 aliphatic rings. The van der Waals surface area contributed by atoms with Gasteiger partial charge in [-0.2, -0.15) is 0 Å². The van der Waals surface area contributed by atoms with Gasteiger partial charge in [0.15, 0.2) is 0 Å². The van der Waals surface area contributed by atoms with Crippen molar-refractivity contribution < 1.29 is 13.9 Å². The quantitative estimate of drug-likeness (QED) is 0.650. The Hall–Kier alpha value is -1.78. The van der Waals surface area contributed by atoms with Gasteiger partial charge in [0.2, 0.25) is 0 Å². The SMILES string of the molecule is CCCCOC(=O)N(C)c1cc(F)ccc1N. The Bertz CT molecular complexity index is 396. The number of anilines is 2. The maximum Gasteiger partial charge on any atom is 0.414 e. The minimum absolute atomic E-state index is 0.312. The number of nitrogen functional groups attached to an aromatic ring is 1. The van der Waals surface area contributed by atoms with Gasteiger partial charge in [-0.05, 0) is 24.6 Å². The average Bonchev–Trinajstić information content (AvgIpc) is 2.31. The number of rotatable bonds is 4. The monoisotopic (exact) mass is 240 g/mol. The maximum atomic E-state index is 13.0. The van der Waals surface area contributed by atoms with Crippen LogP contribution in [0.15, 0.2) is 18.2 Å². The van der Waals surface area contributed by atoms with Crippen molar-refractivity contribution in [2.24, 2.45) is 0 Å². The van der Waals surface area contributed by atoms with Gasteiger partial charge in [0, 0.05) is 7.05 Å². The second kappa shape index (κ2) is 6.08. The van der Waals surface area contributed by atoms with Crippen molar-refractivity contribution in [2.45, 2.75) is 19.8 Å². The number of hydrogen-bond donors (Lipinski definition) is 1. The van der Waals surface area contributed by atoms with Gasteiger partial charge in [-0.1, -0.05) is 13.3 Å². The molecule has 0 saturated carbocycles. The minimum atomic E-state index is -0.532. The van der Waals surface area contributed by atoms with Crippen molar-refractivity contribution in [3.63, 3.8) is 0 Å².